The zero-order valence-corrected chi connectivity index (χ0v) is 22.1. The van der Waals surface area contributed by atoms with Crippen molar-refractivity contribution >= 4 is 11.9 Å². The summed E-state index contributed by atoms with van der Waals surface area (Å²) >= 11 is 0. The number of aromatic hydroxyl groups is 2. The second-order valence-corrected chi connectivity index (χ2v) is 9.26. The molecule has 3 rings (SSSR count). The van der Waals surface area contributed by atoms with Crippen molar-refractivity contribution in [1.29, 1.82) is 0 Å². The highest BCUT2D eigenvalue weighted by molar-refractivity contribution is 5.92. The van der Waals surface area contributed by atoms with Gasteiger partial charge in [-0.15, -0.1) is 0 Å². The second-order valence-electron chi connectivity index (χ2n) is 9.26. The van der Waals surface area contributed by atoms with E-state index in [9.17, 15) is 19.8 Å². The Balaban J connectivity index is 1.61. The van der Waals surface area contributed by atoms with Gasteiger partial charge in [0.1, 0.15) is 11.5 Å². The van der Waals surface area contributed by atoms with Gasteiger partial charge in [0.2, 0.25) is 0 Å². The molecule has 0 radical (unpaired) electrons. The Morgan fingerprint density at radius 1 is 0.658 bits per heavy atom. The third-order valence-electron chi connectivity index (χ3n) is 6.09. The summed E-state index contributed by atoms with van der Waals surface area (Å²) in [5.74, 6) is -0.943. The summed E-state index contributed by atoms with van der Waals surface area (Å²) in [7, 11) is 0. The van der Waals surface area contributed by atoms with E-state index in [1.54, 1.807) is 48.5 Å². The van der Waals surface area contributed by atoms with Crippen LogP contribution >= 0.6 is 0 Å². The smallest absolute Gasteiger partial charge is 0.343 e. The maximum Gasteiger partial charge on any atom is 0.343 e. The third kappa shape index (κ3) is 7.90. The number of rotatable bonds is 12. The molecule has 2 N–H and O–H groups in total. The Hall–Kier alpha value is -4.20. The number of phenols is 2. The number of phenolic OH excluding ortho intramolecular Hbond substituents is 2. The normalized spacial score (nSPS) is 12.3. The lowest BCUT2D eigenvalue weighted by Gasteiger charge is -2.12. The van der Waals surface area contributed by atoms with Crippen molar-refractivity contribution in [2.75, 3.05) is 13.2 Å². The average molecular weight is 523 g/mol. The molecule has 8 heteroatoms. The molecular weight excluding hydrogens is 488 g/mol. The summed E-state index contributed by atoms with van der Waals surface area (Å²) in [6.45, 7) is 9.48. The Morgan fingerprint density at radius 3 is 1.32 bits per heavy atom. The molecule has 202 valence electrons. The molecule has 38 heavy (non-hydrogen) atoms. The summed E-state index contributed by atoms with van der Waals surface area (Å²) in [6, 6.07) is 14.8. The van der Waals surface area contributed by atoms with Crippen LogP contribution in [-0.2, 0) is 0 Å². The molecule has 0 saturated carbocycles. The summed E-state index contributed by atoms with van der Waals surface area (Å²) in [6.07, 6.45) is 2.00. The highest BCUT2D eigenvalue weighted by Gasteiger charge is 2.18. The van der Waals surface area contributed by atoms with Gasteiger partial charge in [0.15, 0.2) is 23.0 Å². The van der Waals surface area contributed by atoms with Crippen LogP contribution in [0.25, 0.3) is 0 Å². The number of hydrogen-bond donors (Lipinski definition) is 2. The van der Waals surface area contributed by atoms with Crippen LogP contribution in [0.4, 0.5) is 0 Å². The maximum absolute atomic E-state index is 12.5. The molecule has 2 atom stereocenters. The van der Waals surface area contributed by atoms with E-state index in [1.165, 1.54) is 0 Å². The molecule has 0 spiro atoms. The number of hydrogen-bond acceptors (Lipinski definition) is 8. The fourth-order valence-electron chi connectivity index (χ4n) is 3.11. The van der Waals surface area contributed by atoms with Crippen LogP contribution in [-0.4, -0.2) is 35.4 Å². The monoisotopic (exact) mass is 522 g/mol. The van der Waals surface area contributed by atoms with E-state index < -0.39 is 23.4 Å². The first-order chi connectivity index (χ1) is 18.2. The van der Waals surface area contributed by atoms with E-state index in [-0.39, 0.29) is 22.6 Å². The molecule has 0 saturated heterocycles. The van der Waals surface area contributed by atoms with Crippen LogP contribution in [0, 0.1) is 11.8 Å². The standard InChI is InChI=1S/C30H34O8/c1-5-19(3)17-35-23-11-7-21(8-12-23)29(33)37-27-15-26(32)28(16-25(27)31)38-30(34)22-9-13-24(14-10-22)36-18-20(4)6-2/h7-16,19-20,31-32H,5-6,17-18H2,1-4H3/t19-,20-/m0/s1. The van der Waals surface area contributed by atoms with Crippen molar-refractivity contribution in [1.82, 2.24) is 0 Å². The molecule has 0 amide bonds. The molecule has 0 fully saturated rings. The van der Waals surface area contributed by atoms with E-state index in [2.05, 4.69) is 27.7 Å². The Kier molecular flexibility index (Phi) is 9.99. The zero-order chi connectivity index (χ0) is 27.7. The van der Waals surface area contributed by atoms with Gasteiger partial charge in [-0.05, 0) is 60.4 Å². The fourth-order valence-corrected chi connectivity index (χ4v) is 3.11. The lowest BCUT2D eigenvalue weighted by Crippen LogP contribution is -2.11. The number of ether oxygens (including phenoxy) is 4. The summed E-state index contributed by atoms with van der Waals surface area (Å²) in [5.41, 5.74) is 0.457. The predicted molar refractivity (Wildman–Crippen MR) is 142 cm³/mol. The highest BCUT2D eigenvalue weighted by Crippen LogP contribution is 2.39. The Morgan fingerprint density at radius 2 is 1.00 bits per heavy atom. The van der Waals surface area contributed by atoms with Crippen LogP contribution in [0.2, 0.25) is 0 Å². The summed E-state index contributed by atoms with van der Waals surface area (Å²) < 4.78 is 21.8. The largest absolute Gasteiger partial charge is 0.504 e. The van der Waals surface area contributed by atoms with E-state index in [4.69, 9.17) is 18.9 Å². The van der Waals surface area contributed by atoms with Gasteiger partial charge in [-0.2, -0.15) is 0 Å². The van der Waals surface area contributed by atoms with Crippen molar-refractivity contribution in [3.8, 4) is 34.5 Å². The van der Waals surface area contributed by atoms with E-state index in [0.717, 1.165) is 25.0 Å². The minimum atomic E-state index is -0.742. The van der Waals surface area contributed by atoms with Crippen LogP contribution < -0.4 is 18.9 Å². The molecule has 3 aromatic carbocycles. The molecule has 8 nitrogen and oxygen atoms in total. The van der Waals surface area contributed by atoms with Gasteiger partial charge in [0.05, 0.1) is 24.3 Å². The maximum atomic E-state index is 12.5. The molecule has 0 aliphatic rings. The van der Waals surface area contributed by atoms with Gasteiger partial charge in [0, 0.05) is 12.1 Å². The van der Waals surface area contributed by atoms with Crippen molar-refractivity contribution in [3.63, 3.8) is 0 Å². The van der Waals surface area contributed by atoms with Gasteiger partial charge in [0.25, 0.3) is 0 Å². The molecule has 0 bridgehead atoms. The van der Waals surface area contributed by atoms with E-state index >= 15 is 0 Å². The van der Waals surface area contributed by atoms with Crippen LogP contribution in [0.1, 0.15) is 61.3 Å². The molecule has 0 unspecified atom stereocenters. The van der Waals surface area contributed by atoms with Crippen molar-refractivity contribution in [2.45, 2.75) is 40.5 Å². The quantitative estimate of drug-likeness (QED) is 0.160. The lowest BCUT2D eigenvalue weighted by molar-refractivity contribution is 0.0711. The Labute approximate surface area is 222 Å². The van der Waals surface area contributed by atoms with Gasteiger partial charge in [-0.25, -0.2) is 9.59 Å². The Bertz CT molecular complexity index is 1120. The molecule has 0 aliphatic carbocycles. The number of benzene rings is 3. The predicted octanol–water partition coefficient (Wildman–Crippen LogP) is 6.39. The van der Waals surface area contributed by atoms with Crippen LogP contribution in [0.15, 0.2) is 60.7 Å². The van der Waals surface area contributed by atoms with Crippen molar-refractivity contribution < 1.29 is 38.7 Å². The summed E-state index contributed by atoms with van der Waals surface area (Å²) in [5, 5.41) is 20.7. The number of carbonyl (C=O) groups excluding carboxylic acids is 2. The van der Waals surface area contributed by atoms with E-state index in [0.29, 0.717) is 36.5 Å². The minimum absolute atomic E-state index is 0.229. The topological polar surface area (TPSA) is 112 Å². The molecular formula is C30H34O8. The average Bonchev–Trinajstić information content (AvgIpc) is 2.93. The number of carbonyl (C=O) groups is 2. The van der Waals surface area contributed by atoms with E-state index in [1.807, 2.05) is 0 Å². The zero-order valence-electron chi connectivity index (χ0n) is 22.1. The first-order valence-corrected chi connectivity index (χ1v) is 12.7. The molecule has 0 aliphatic heterocycles. The van der Waals surface area contributed by atoms with Crippen molar-refractivity contribution in [3.05, 3.63) is 71.8 Å². The van der Waals surface area contributed by atoms with Crippen molar-refractivity contribution in [2.24, 2.45) is 11.8 Å². The molecule has 0 heterocycles. The van der Waals surface area contributed by atoms with Crippen LogP contribution in [0.3, 0.4) is 0 Å². The third-order valence-corrected chi connectivity index (χ3v) is 6.09. The van der Waals surface area contributed by atoms with Crippen LogP contribution in [0.5, 0.6) is 34.5 Å². The number of esters is 2. The second kappa shape index (κ2) is 13.4. The fraction of sp³-hybridized carbons (Fsp3) is 0.333. The van der Waals surface area contributed by atoms with Gasteiger partial charge >= 0.3 is 11.9 Å². The minimum Gasteiger partial charge on any atom is -0.504 e. The first-order valence-electron chi connectivity index (χ1n) is 12.7. The summed E-state index contributed by atoms with van der Waals surface area (Å²) in [4.78, 5) is 25.1. The highest BCUT2D eigenvalue weighted by atomic mass is 16.6. The molecule has 3 aromatic rings. The first kappa shape index (κ1) is 28.4. The van der Waals surface area contributed by atoms with Gasteiger partial charge in [-0.3, -0.25) is 0 Å². The molecule has 0 aromatic heterocycles. The van der Waals surface area contributed by atoms with Gasteiger partial charge < -0.3 is 29.2 Å². The SMILES string of the molecule is CC[C@H](C)COc1ccc(C(=O)Oc2cc(O)c(OC(=O)c3ccc(OC[C@@H](C)CC)cc3)cc2O)cc1. The van der Waals surface area contributed by atoms with Gasteiger partial charge in [-0.1, -0.05) is 40.5 Å². The lowest BCUT2D eigenvalue weighted by atomic mass is 10.1.